The zero-order valence-corrected chi connectivity index (χ0v) is 7.97. The van der Waals surface area contributed by atoms with Gasteiger partial charge in [-0.25, -0.2) is 4.79 Å². The Morgan fingerprint density at radius 2 is 2.00 bits per heavy atom. The highest BCUT2D eigenvalue weighted by atomic mass is 16.5. The van der Waals surface area contributed by atoms with Crippen LogP contribution < -0.4 is 16.0 Å². The van der Waals surface area contributed by atoms with Crippen molar-refractivity contribution in [3.05, 3.63) is 0 Å². The van der Waals surface area contributed by atoms with Gasteiger partial charge in [0.25, 0.3) is 0 Å². The van der Waals surface area contributed by atoms with Crippen molar-refractivity contribution in [3.8, 4) is 0 Å². The summed E-state index contributed by atoms with van der Waals surface area (Å²) >= 11 is 0. The van der Waals surface area contributed by atoms with Crippen molar-refractivity contribution in [2.75, 3.05) is 14.2 Å². The van der Waals surface area contributed by atoms with Crippen LogP contribution in [0.25, 0.3) is 0 Å². The molecule has 72 valence electrons. The summed E-state index contributed by atoms with van der Waals surface area (Å²) in [6.07, 6.45) is -0.183. The third-order valence-electron chi connectivity index (χ3n) is 1.41. The molecule has 0 aromatic carbocycles. The molecule has 0 saturated heterocycles. The minimum atomic E-state index is -0.210. The molecule has 2 atom stereocenters. The van der Waals surface area contributed by atoms with Crippen LogP contribution in [0.3, 0.4) is 0 Å². The van der Waals surface area contributed by atoms with Crippen LogP contribution in [0.1, 0.15) is 13.8 Å². The van der Waals surface area contributed by atoms with Gasteiger partial charge in [-0.15, -0.1) is 0 Å². The maximum absolute atomic E-state index is 10.8. The zero-order chi connectivity index (χ0) is 9.56. The van der Waals surface area contributed by atoms with Crippen LogP contribution in [0.15, 0.2) is 0 Å². The van der Waals surface area contributed by atoms with Gasteiger partial charge in [-0.2, -0.15) is 0 Å². The van der Waals surface area contributed by atoms with Gasteiger partial charge >= 0.3 is 6.03 Å². The van der Waals surface area contributed by atoms with E-state index in [-0.39, 0.29) is 18.4 Å². The Hall–Kier alpha value is -0.810. The average Bonchev–Trinajstić information content (AvgIpc) is 2.03. The predicted octanol–water partition coefficient (Wildman–Crippen LogP) is -0.157. The Bertz CT molecular complexity index is 141. The minimum Gasteiger partial charge on any atom is -0.367 e. The quantitative estimate of drug-likeness (QED) is 0.520. The molecule has 0 radical (unpaired) electrons. The van der Waals surface area contributed by atoms with E-state index < -0.39 is 0 Å². The molecule has 0 heterocycles. The standard InChI is InChI=1S/C7H17N3O2/c1-5(9-6(2)12-4)10-7(11)8-3/h5-6,9H,1-4H3,(H2,8,10,11). The molecule has 0 aromatic rings. The van der Waals surface area contributed by atoms with Crippen molar-refractivity contribution >= 4 is 6.03 Å². The van der Waals surface area contributed by atoms with Crippen molar-refractivity contribution < 1.29 is 9.53 Å². The van der Waals surface area contributed by atoms with E-state index in [9.17, 15) is 4.79 Å². The summed E-state index contributed by atoms with van der Waals surface area (Å²) in [5.74, 6) is 0. The Labute approximate surface area is 72.9 Å². The number of ether oxygens (including phenoxy) is 1. The van der Waals surface area contributed by atoms with Crippen LogP contribution in [0.4, 0.5) is 4.79 Å². The van der Waals surface area contributed by atoms with Crippen molar-refractivity contribution in [1.82, 2.24) is 16.0 Å². The smallest absolute Gasteiger partial charge is 0.315 e. The maximum Gasteiger partial charge on any atom is 0.315 e. The molecule has 0 aliphatic carbocycles. The molecular formula is C7H17N3O2. The van der Waals surface area contributed by atoms with Gasteiger partial charge in [0, 0.05) is 14.2 Å². The number of hydrogen-bond acceptors (Lipinski definition) is 3. The fourth-order valence-corrected chi connectivity index (χ4v) is 0.731. The lowest BCUT2D eigenvalue weighted by molar-refractivity contribution is 0.0773. The summed E-state index contributed by atoms with van der Waals surface area (Å²) in [6, 6.07) is -0.210. The number of rotatable bonds is 4. The molecule has 5 nitrogen and oxygen atoms in total. The van der Waals surface area contributed by atoms with Crippen LogP contribution in [0.5, 0.6) is 0 Å². The molecule has 0 saturated carbocycles. The van der Waals surface area contributed by atoms with Crippen molar-refractivity contribution in [2.24, 2.45) is 0 Å². The summed E-state index contributed by atoms with van der Waals surface area (Å²) in [4.78, 5) is 10.8. The van der Waals surface area contributed by atoms with Crippen LogP contribution in [0, 0.1) is 0 Å². The van der Waals surface area contributed by atoms with Gasteiger partial charge in [-0.1, -0.05) is 0 Å². The molecule has 5 heteroatoms. The number of methoxy groups -OCH3 is 1. The van der Waals surface area contributed by atoms with E-state index in [0.717, 1.165) is 0 Å². The van der Waals surface area contributed by atoms with Gasteiger partial charge in [0.15, 0.2) is 0 Å². The topological polar surface area (TPSA) is 62.4 Å². The highest BCUT2D eigenvalue weighted by Crippen LogP contribution is 1.83. The summed E-state index contributed by atoms with van der Waals surface area (Å²) < 4.78 is 4.95. The first-order chi connectivity index (χ1) is 5.60. The molecule has 0 aromatic heterocycles. The van der Waals surface area contributed by atoms with Crippen LogP contribution in [-0.4, -0.2) is 32.6 Å². The molecule has 0 fully saturated rings. The van der Waals surface area contributed by atoms with E-state index in [4.69, 9.17) is 4.74 Å². The zero-order valence-electron chi connectivity index (χ0n) is 7.97. The van der Waals surface area contributed by atoms with Gasteiger partial charge in [-0.05, 0) is 13.8 Å². The molecule has 0 spiro atoms. The fraction of sp³-hybridized carbons (Fsp3) is 0.857. The highest BCUT2D eigenvalue weighted by Gasteiger charge is 2.07. The third-order valence-corrected chi connectivity index (χ3v) is 1.41. The Morgan fingerprint density at radius 1 is 1.42 bits per heavy atom. The van der Waals surface area contributed by atoms with Gasteiger partial charge in [0.2, 0.25) is 0 Å². The maximum atomic E-state index is 10.8. The monoisotopic (exact) mass is 175 g/mol. The van der Waals surface area contributed by atoms with E-state index in [2.05, 4.69) is 16.0 Å². The van der Waals surface area contributed by atoms with Gasteiger partial charge in [-0.3, -0.25) is 5.32 Å². The molecule has 0 rings (SSSR count). The summed E-state index contributed by atoms with van der Waals surface area (Å²) in [7, 11) is 3.17. The second kappa shape index (κ2) is 5.79. The number of urea groups is 1. The summed E-state index contributed by atoms with van der Waals surface area (Å²) in [5.41, 5.74) is 0. The Kier molecular flexibility index (Phi) is 5.40. The summed E-state index contributed by atoms with van der Waals surface area (Å²) in [5, 5.41) is 8.11. The highest BCUT2D eigenvalue weighted by molar-refractivity contribution is 5.73. The van der Waals surface area contributed by atoms with E-state index in [1.54, 1.807) is 14.2 Å². The van der Waals surface area contributed by atoms with Crippen molar-refractivity contribution in [3.63, 3.8) is 0 Å². The minimum absolute atomic E-state index is 0.0721. The summed E-state index contributed by atoms with van der Waals surface area (Å²) in [6.45, 7) is 3.70. The van der Waals surface area contributed by atoms with E-state index in [0.29, 0.717) is 0 Å². The molecule has 0 bridgehead atoms. The average molecular weight is 175 g/mol. The van der Waals surface area contributed by atoms with Gasteiger partial charge in [0.05, 0.1) is 6.17 Å². The van der Waals surface area contributed by atoms with Crippen LogP contribution in [0.2, 0.25) is 0 Å². The molecule has 0 aliphatic rings. The number of carbonyl (C=O) groups is 1. The first-order valence-corrected chi connectivity index (χ1v) is 3.87. The number of hydrogen-bond donors (Lipinski definition) is 3. The van der Waals surface area contributed by atoms with E-state index in [1.807, 2.05) is 13.8 Å². The largest absolute Gasteiger partial charge is 0.367 e. The Morgan fingerprint density at radius 3 is 2.42 bits per heavy atom. The molecule has 12 heavy (non-hydrogen) atoms. The number of carbonyl (C=O) groups excluding carboxylic acids is 1. The molecular weight excluding hydrogens is 158 g/mol. The first-order valence-electron chi connectivity index (χ1n) is 3.87. The predicted molar refractivity (Wildman–Crippen MR) is 46.7 cm³/mol. The second-order valence-electron chi connectivity index (χ2n) is 2.49. The van der Waals surface area contributed by atoms with Crippen molar-refractivity contribution in [1.29, 1.82) is 0 Å². The normalized spacial score (nSPS) is 15.0. The second-order valence-corrected chi connectivity index (χ2v) is 2.49. The molecule has 0 aliphatic heterocycles. The number of nitrogens with one attached hydrogen (secondary N) is 3. The lowest BCUT2D eigenvalue weighted by Crippen LogP contribution is -2.49. The van der Waals surface area contributed by atoms with Gasteiger partial charge < -0.3 is 15.4 Å². The van der Waals surface area contributed by atoms with Crippen molar-refractivity contribution in [2.45, 2.75) is 26.2 Å². The Balaban J connectivity index is 3.58. The molecule has 3 N–H and O–H groups in total. The molecule has 2 unspecified atom stereocenters. The molecule has 2 amide bonds. The van der Waals surface area contributed by atoms with E-state index in [1.165, 1.54) is 0 Å². The third kappa shape index (κ3) is 4.92. The van der Waals surface area contributed by atoms with Gasteiger partial charge in [0.1, 0.15) is 6.23 Å². The lowest BCUT2D eigenvalue weighted by Gasteiger charge is -2.19. The van der Waals surface area contributed by atoms with E-state index >= 15 is 0 Å². The number of amides is 2. The van der Waals surface area contributed by atoms with Crippen LogP contribution in [-0.2, 0) is 4.74 Å². The first kappa shape index (κ1) is 11.2. The fourth-order valence-electron chi connectivity index (χ4n) is 0.731. The SMILES string of the molecule is CNC(=O)NC(C)NC(C)OC. The lowest BCUT2D eigenvalue weighted by atomic mass is 10.5. The van der Waals surface area contributed by atoms with Crippen LogP contribution >= 0.6 is 0 Å².